The molecule has 550 valence electrons. The monoisotopic (exact) mass is 1520 g/mol. The smallest absolute Gasteiger partial charge is 0.415 e. The van der Waals surface area contributed by atoms with Gasteiger partial charge in [0.2, 0.25) is 0 Å². The molecule has 0 bridgehead atoms. The fraction of sp³-hybridized carbons (Fsp3) is 0.429. The van der Waals surface area contributed by atoms with Gasteiger partial charge in [0.05, 0.1) is 86.1 Å². The molecule has 9 aromatic rings. The number of halogens is 3. The first-order valence-corrected chi connectivity index (χ1v) is 35.0. The van der Waals surface area contributed by atoms with Crippen molar-refractivity contribution in [3.63, 3.8) is 0 Å². The summed E-state index contributed by atoms with van der Waals surface area (Å²) in [6, 6.07) is 16.1. The molecule has 0 aliphatic heterocycles. The number of amides is 4. The maximum absolute atomic E-state index is 13.3. The lowest BCUT2D eigenvalue weighted by atomic mass is 10.1. The summed E-state index contributed by atoms with van der Waals surface area (Å²) in [6.07, 6.45) is 5.56. The Kier molecular flexibility index (Phi) is 32.6. The van der Waals surface area contributed by atoms with E-state index in [0.29, 0.717) is 65.0 Å². The molecule has 4 amide bonds. The molecule has 102 heavy (non-hydrogen) atoms. The molecule has 2 atom stereocenters. The van der Waals surface area contributed by atoms with Crippen molar-refractivity contribution in [3.05, 3.63) is 137 Å². The third kappa shape index (κ3) is 27.8. The number of ether oxygens (including phenoxy) is 4. The van der Waals surface area contributed by atoms with Crippen molar-refractivity contribution in [2.45, 2.75) is 191 Å². The van der Waals surface area contributed by atoms with Crippen molar-refractivity contribution in [3.8, 4) is 0 Å². The van der Waals surface area contributed by atoms with E-state index in [4.69, 9.17) is 102 Å². The van der Waals surface area contributed by atoms with Gasteiger partial charge in [-0.15, -0.1) is 34.0 Å². The Bertz CT molecular complexity index is 4310. The number of aromatic nitrogens is 3. The topological polar surface area (TPSA) is 354 Å². The van der Waals surface area contributed by atoms with Crippen LogP contribution in [-0.2, 0) is 86.6 Å². The number of hydrogen-bond acceptors (Lipinski definition) is 25. The summed E-state index contributed by atoms with van der Waals surface area (Å²) in [5.41, 5.74) is 11.0. The van der Waals surface area contributed by atoms with Gasteiger partial charge >= 0.3 is 42.8 Å². The van der Waals surface area contributed by atoms with Crippen molar-refractivity contribution < 1.29 is 80.1 Å². The molecule has 0 unspecified atom stereocenters. The second kappa shape index (κ2) is 38.9. The van der Waals surface area contributed by atoms with E-state index in [0.717, 1.165) is 58.4 Å². The van der Waals surface area contributed by atoms with E-state index in [1.54, 1.807) is 66.5 Å². The number of carbonyl (C=O) groups excluding carboxylic acids is 10. The average molecular weight is 1530 g/mol. The van der Waals surface area contributed by atoms with Crippen LogP contribution in [0.1, 0.15) is 146 Å². The van der Waals surface area contributed by atoms with Crippen LogP contribution in [0.2, 0.25) is 15.5 Å². The Hall–Kier alpha value is -8.98. The predicted molar refractivity (Wildman–Crippen MR) is 389 cm³/mol. The van der Waals surface area contributed by atoms with E-state index in [1.165, 1.54) is 42.9 Å². The highest BCUT2D eigenvalue weighted by Gasteiger charge is 2.31. The minimum absolute atomic E-state index is 0.127. The number of carbonyl (C=O) groups is 4. The Morgan fingerprint density at radius 1 is 0.539 bits per heavy atom. The molecule has 0 aromatic carbocycles. The fourth-order valence-corrected chi connectivity index (χ4v) is 13.9. The number of thiophene rings is 3. The molecule has 9 rings (SSSR count). The first-order chi connectivity index (χ1) is 47.6. The van der Waals surface area contributed by atoms with Crippen LogP contribution in [0.15, 0.2) is 86.6 Å². The largest absolute Gasteiger partial charge is 0.467 e. The minimum Gasteiger partial charge on any atom is -0.467 e. The summed E-state index contributed by atoms with van der Waals surface area (Å²) in [6.45, 7) is 33.1. The van der Waals surface area contributed by atoms with Crippen LogP contribution < -0.4 is 31.5 Å². The number of alkyl carbamates (subject to hydrolysis) is 2. The van der Waals surface area contributed by atoms with E-state index in [9.17, 15) is 19.2 Å². The molecular formula is C70H84Cl3N9O17S3. The second-order valence-electron chi connectivity index (χ2n) is 26.5. The molecule has 32 heteroatoms. The van der Waals surface area contributed by atoms with Crippen LogP contribution in [0.5, 0.6) is 0 Å². The predicted octanol–water partition coefficient (Wildman–Crippen LogP) is 16.7. The highest BCUT2D eigenvalue weighted by atomic mass is 35.5. The SMILES string of the molecule is Cc1c(CCNC(=O)OC(C)(C)C)sc2c(N(Cc3ccco3)C(=O)OC(C)(C)C)cc(Cl)nc12.Cc1c(C[C@H](C)N)sc2c(NCc3ccco3)cc(Cl)nc12.Cc1c(C[C@H](C)NC(=O)OC(C)(C)C)sc2c(N(Cc3ccco3)C(=O)OC(C)(C)C)cc(Cl)nc12.O=C=O.O=C=O.O=C=O. The van der Waals surface area contributed by atoms with Gasteiger partial charge < -0.3 is 53.9 Å². The maximum Gasteiger partial charge on any atom is 0.415 e. The van der Waals surface area contributed by atoms with Gasteiger partial charge in [-0.2, -0.15) is 28.8 Å². The fourth-order valence-electron chi connectivity index (χ4n) is 9.27. The molecule has 0 saturated heterocycles. The van der Waals surface area contributed by atoms with Crippen molar-refractivity contribution >= 4 is 159 Å². The molecule has 9 heterocycles. The van der Waals surface area contributed by atoms with Gasteiger partial charge in [0.25, 0.3) is 0 Å². The number of fused-ring (bicyclic) bond motifs is 3. The molecule has 9 aromatic heterocycles. The number of aryl methyl sites for hydroxylation is 3. The van der Waals surface area contributed by atoms with Gasteiger partial charge in [-0.05, 0) is 184 Å². The molecule has 0 aliphatic carbocycles. The number of hydrogen-bond donors (Lipinski definition) is 4. The second-order valence-corrected chi connectivity index (χ2v) is 31.0. The number of pyridine rings is 3. The quantitative estimate of drug-likeness (QED) is 0.0486. The highest BCUT2D eigenvalue weighted by Crippen LogP contribution is 2.42. The number of nitrogens with one attached hydrogen (secondary N) is 3. The van der Waals surface area contributed by atoms with Crippen LogP contribution >= 0.6 is 68.8 Å². The lowest BCUT2D eigenvalue weighted by Crippen LogP contribution is -2.38. The van der Waals surface area contributed by atoms with Crippen LogP contribution in [0, 0.1) is 20.8 Å². The molecule has 5 N–H and O–H groups in total. The highest BCUT2D eigenvalue weighted by molar-refractivity contribution is 7.20. The zero-order valence-corrected chi connectivity index (χ0v) is 64.4. The van der Waals surface area contributed by atoms with E-state index < -0.39 is 46.8 Å². The summed E-state index contributed by atoms with van der Waals surface area (Å²) in [5.74, 6) is 2.09. The summed E-state index contributed by atoms with van der Waals surface area (Å²) in [5, 5.41) is 10.1. The van der Waals surface area contributed by atoms with Gasteiger partial charge in [-0.1, -0.05) is 34.8 Å². The van der Waals surface area contributed by atoms with Crippen molar-refractivity contribution in [1.82, 2.24) is 25.6 Å². The van der Waals surface area contributed by atoms with Crippen molar-refractivity contribution in [2.75, 3.05) is 21.7 Å². The van der Waals surface area contributed by atoms with Gasteiger partial charge in [-0.25, -0.2) is 34.1 Å². The normalized spacial score (nSPS) is 11.7. The van der Waals surface area contributed by atoms with Gasteiger partial charge in [-0.3, -0.25) is 9.80 Å². The molecule has 0 spiro atoms. The third-order valence-corrected chi connectivity index (χ3v) is 17.8. The third-order valence-electron chi connectivity index (χ3n) is 13.2. The Labute approximate surface area is 617 Å². The van der Waals surface area contributed by atoms with Crippen LogP contribution in [0.4, 0.5) is 36.2 Å². The first kappa shape index (κ1) is 85.4. The minimum atomic E-state index is -0.687. The van der Waals surface area contributed by atoms with Crippen LogP contribution in [0.25, 0.3) is 30.6 Å². The summed E-state index contributed by atoms with van der Waals surface area (Å²) < 4.78 is 41.2. The zero-order valence-electron chi connectivity index (χ0n) is 59.6. The lowest BCUT2D eigenvalue weighted by molar-refractivity contribution is -0.193. The number of anilines is 3. The molecular weight excluding hydrogens is 1440 g/mol. The summed E-state index contributed by atoms with van der Waals surface area (Å²) in [4.78, 5) is 119. The molecule has 0 saturated carbocycles. The number of nitrogens with two attached hydrogens (primary N) is 1. The van der Waals surface area contributed by atoms with Crippen LogP contribution in [-0.4, -0.2) is 98.8 Å². The average Bonchev–Trinajstić information content (AvgIpc) is 1.63. The zero-order chi connectivity index (χ0) is 76.6. The number of rotatable bonds is 17. The molecule has 26 nitrogen and oxygen atoms in total. The van der Waals surface area contributed by atoms with Gasteiger partial charge in [0.15, 0.2) is 0 Å². The van der Waals surface area contributed by atoms with Gasteiger partial charge in [0.1, 0.15) is 55.1 Å². The standard InChI is InChI=1S/C26H34ClN3O5S.C25H32ClN3O5S.C16H18ClN3OS.3CO2/c1-15(28-23(31)34-25(3,4)5)12-19-16(2)21-22(36-19)18(13-20(27)29-21)30(14-17-10-9-11-33-17)24(32)35-26(6,7)8;1-15-18(10-11-27-22(30)33-24(2,3)4)35-21-17(13-19(26)28-20(15)21)29(14-16-9-8-12-32-16)23(31)34-25(5,6)7;1-9(18)6-13-10(2)15-16(22-13)12(7-14(17)20-15)19-8-11-4-3-5-21-11;3*2-1-3/h9-11,13,15H,12,14H2,1-8H3,(H,28,31);8-9,12-13H,10-11,14H2,1-7H3,(H,27,30);3-5,7,9H,6,8,18H2,1-2H3,(H,19,20);;;/t15-;;9-;;;/m0.0.../s1. The summed E-state index contributed by atoms with van der Waals surface area (Å²) in [7, 11) is 0. The van der Waals surface area contributed by atoms with E-state index >= 15 is 0 Å². The van der Waals surface area contributed by atoms with E-state index in [1.807, 2.05) is 129 Å². The Morgan fingerprint density at radius 3 is 1.30 bits per heavy atom. The molecule has 0 radical (unpaired) electrons. The molecule has 0 fully saturated rings. The lowest BCUT2D eigenvalue weighted by Gasteiger charge is -2.27. The number of nitrogens with zero attached hydrogens (tertiary/aromatic N) is 5. The molecule has 0 aliphatic rings. The number of furan rings is 3. The maximum atomic E-state index is 13.3. The first-order valence-electron chi connectivity index (χ1n) is 31.4. The Balaban J connectivity index is 0.000000313. The van der Waals surface area contributed by atoms with Crippen molar-refractivity contribution in [1.29, 1.82) is 0 Å². The Morgan fingerprint density at radius 2 is 0.902 bits per heavy atom. The van der Waals surface area contributed by atoms with Gasteiger partial charge in [0, 0.05) is 57.9 Å². The van der Waals surface area contributed by atoms with Crippen LogP contribution in [0.3, 0.4) is 0 Å². The summed E-state index contributed by atoms with van der Waals surface area (Å²) >= 11 is 23.7. The van der Waals surface area contributed by atoms with Crippen molar-refractivity contribution in [2.24, 2.45) is 5.73 Å². The van der Waals surface area contributed by atoms with E-state index in [2.05, 4.69) is 37.8 Å². The van der Waals surface area contributed by atoms with E-state index in [-0.39, 0.29) is 53.9 Å².